The molecule has 0 saturated heterocycles. The Balaban J connectivity index is 1.81. The maximum Gasteiger partial charge on any atom is 0.239 e. The van der Waals surface area contributed by atoms with Crippen molar-refractivity contribution in [2.75, 3.05) is 13.2 Å². The molecule has 0 bridgehead atoms. The molecule has 0 atom stereocenters. The maximum absolute atomic E-state index is 11.9. The summed E-state index contributed by atoms with van der Waals surface area (Å²) in [7, 11) is 0. The fourth-order valence-corrected chi connectivity index (χ4v) is 2.32. The van der Waals surface area contributed by atoms with Crippen LogP contribution in [0.4, 0.5) is 0 Å². The van der Waals surface area contributed by atoms with Crippen LogP contribution in [0.5, 0.6) is 0 Å². The van der Waals surface area contributed by atoms with Crippen LogP contribution in [-0.4, -0.2) is 29.7 Å². The molecule has 114 valence electrons. The van der Waals surface area contributed by atoms with Gasteiger partial charge in [0.05, 0.1) is 6.10 Å². The molecule has 0 fully saturated rings. The minimum Gasteiger partial charge on any atom is -0.379 e. The van der Waals surface area contributed by atoms with Crippen molar-refractivity contribution in [3.05, 3.63) is 35.5 Å². The molecule has 0 aliphatic carbocycles. The number of fused-ring (bicyclic) bond motifs is 1. The van der Waals surface area contributed by atoms with Gasteiger partial charge in [-0.25, -0.2) is 0 Å². The van der Waals surface area contributed by atoms with Gasteiger partial charge in [-0.15, -0.1) is 0 Å². The largest absolute Gasteiger partial charge is 0.379 e. The van der Waals surface area contributed by atoms with Gasteiger partial charge < -0.3 is 14.6 Å². The molecule has 0 unspecified atom stereocenters. The summed E-state index contributed by atoms with van der Waals surface area (Å²) < 4.78 is 7.35. The van der Waals surface area contributed by atoms with Crippen molar-refractivity contribution in [3.63, 3.8) is 0 Å². The monoisotopic (exact) mass is 308 g/mol. The fraction of sp³-hybridized carbons (Fsp3) is 0.438. The summed E-state index contributed by atoms with van der Waals surface area (Å²) in [6, 6.07) is 7.63. The average molecular weight is 309 g/mol. The molecule has 4 nitrogen and oxygen atoms in total. The van der Waals surface area contributed by atoms with E-state index in [0.29, 0.717) is 24.7 Å². The molecule has 0 aliphatic heterocycles. The zero-order valence-electron chi connectivity index (χ0n) is 12.4. The van der Waals surface area contributed by atoms with E-state index >= 15 is 0 Å². The third-order valence-electron chi connectivity index (χ3n) is 3.14. The van der Waals surface area contributed by atoms with Crippen LogP contribution in [0.25, 0.3) is 10.9 Å². The second kappa shape index (κ2) is 7.48. The third kappa shape index (κ3) is 4.76. The number of benzene rings is 1. The highest BCUT2D eigenvalue weighted by atomic mass is 35.5. The summed E-state index contributed by atoms with van der Waals surface area (Å²) in [5.41, 5.74) is 1.01. The number of rotatable bonds is 7. The van der Waals surface area contributed by atoms with Gasteiger partial charge in [-0.2, -0.15) is 0 Å². The third-order valence-corrected chi connectivity index (χ3v) is 3.38. The molecule has 1 N–H and O–H groups in total. The predicted octanol–water partition coefficient (Wildman–Crippen LogP) is 3.23. The van der Waals surface area contributed by atoms with Gasteiger partial charge in [-0.3, -0.25) is 4.79 Å². The molecule has 0 spiro atoms. The topological polar surface area (TPSA) is 43.3 Å². The SMILES string of the molecule is CC(C)OCCCNC(=O)Cn1ccc2cc(Cl)ccc21. The first kappa shape index (κ1) is 15.9. The molecular weight excluding hydrogens is 288 g/mol. The summed E-state index contributed by atoms with van der Waals surface area (Å²) in [4.78, 5) is 11.9. The molecule has 0 aliphatic rings. The molecule has 2 rings (SSSR count). The van der Waals surface area contributed by atoms with Crippen molar-refractivity contribution >= 4 is 28.4 Å². The Bertz CT molecular complexity index is 607. The standard InChI is InChI=1S/C16H21ClN2O2/c1-12(2)21-9-3-7-18-16(20)11-19-8-6-13-10-14(17)4-5-15(13)19/h4-6,8,10,12H,3,7,9,11H2,1-2H3,(H,18,20). The van der Waals surface area contributed by atoms with E-state index in [4.69, 9.17) is 16.3 Å². The van der Waals surface area contributed by atoms with Gasteiger partial charge in [0.15, 0.2) is 0 Å². The lowest BCUT2D eigenvalue weighted by atomic mass is 10.2. The Morgan fingerprint density at radius 1 is 1.38 bits per heavy atom. The smallest absolute Gasteiger partial charge is 0.239 e. The van der Waals surface area contributed by atoms with E-state index in [1.807, 2.05) is 48.9 Å². The van der Waals surface area contributed by atoms with E-state index in [1.165, 1.54) is 0 Å². The summed E-state index contributed by atoms with van der Waals surface area (Å²) in [6.07, 6.45) is 2.97. The predicted molar refractivity (Wildman–Crippen MR) is 85.7 cm³/mol. The summed E-state index contributed by atoms with van der Waals surface area (Å²) >= 11 is 5.95. The molecule has 1 aromatic heterocycles. The van der Waals surface area contributed by atoms with Crippen LogP contribution < -0.4 is 5.32 Å². The van der Waals surface area contributed by atoms with Crippen LogP contribution in [0.2, 0.25) is 5.02 Å². The molecule has 1 heterocycles. The quantitative estimate of drug-likeness (QED) is 0.798. The van der Waals surface area contributed by atoms with E-state index in [0.717, 1.165) is 17.3 Å². The zero-order valence-corrected chi connectivity index (χ0v) is 13.2. The van der Waals surface area contributed by atoms with Crippen molar-refractivity contribution in [1.82, 2.24) is 9.88 Å². The van der Waals surface area contributed by atoms with Crippen LogP contribution in [0.3, 0.4) is 0 Å². The molecule has 5 heteroatoms. The van der Waals surface area contributed by atoms with Gasteiger partial charge in [0.1, 0.15) is 6.54 Å². The number of carbonyl (C=O) groups is 1. The number of carbonyl (C=O) groups excluding carboxylic acids is 1. The van der Waals surface area contributed by atoms with E-state index in [-0.39, 0.29) is 12.0 Å². The van der Waals surface area contributed by atoms with Gasteiger partial charge >= 0.3 is 0 Å². The van der Waals surface area contributed by atoms with E-state index in [9.17, 15) is 4.79 Å². The Morgan fingerprint density at radius 2 is 2.19 bits per heavy atom. The van der Waals surface area contributed by atoms with Crippen LogP contribution in [0, 0.1) is 0 Å². The Labute approximate surface area is 130 Å². The van der Waals surface area contributed by atoms with Gasteiger partial charge in [0, 0.05) is 35.3 Å². The lowest BCUT2D eigenvalue weighted by Crippen LogP contribution is -2.29. The maximum atomic E-state index is 11.9. The Hall–Kier alpha value is -1.52. The molecule has 0 radical (unpaired) electrons. The summed E-state index contributed by atoms with van der Waals surface area (Å²) in [5, 5.41) is 4.65. The normalized spacial score (nSPS) is 11.2. The first-order valence-corrected chi connectivity index (χ1v) is 7.57. The molecule has 1 aromatic carbocycles. The first-order valence-electron chi connectivity index (χ1n) is 7.19. The Kier molecular flexibility index (Phi) is 5.65. The van der Waals surface area contributed by atoms with Crippen LogP contribution >= 0.6 is 11.6 Å². The molecule has 21 heavy (non-hydrogen) atoms. The minimum absolute atomic E-state index is 0.00648. The second-order valence-corrected chi connectivity index (χ2v) is 5.71. The highest BCUT2D eigenvalue weighted by Gasteiger charge is 2.06. The highest BCUT2D eigenvalue weighted by Crippen LogP contribution is 2.20. The summed E-state index contributed by atoms with van der Waals surface area (Å²) in [5.74, 6) is 0.00648. The van der Waals surface area contributed by atoms with Crippen molar-refractivity contribution in [3.8, 4) is 0 Å². The van der Waals surface area contributed by atoms with Gasteiger partial charge in [-0.05, 0) is 44.5 Å². The molecular formula is C16H21ClN2O2. The number of nitrogens with one attached hydrogen (secondary N) is 1. The van der Waals surface area contributed by atoms with Crippen LogP contribution in [0.15, 0.2) is 30.5 Å². The number of halogens is 1. The van der Waals surface area contributed by atoms with Crippen LogP contribution in [0.1, 0.15) is 20.3 Å². The molecule has 1 amide bonds. The number of nitrogens with zero attached hydrogens (tertiary/aromatic N) is 1. The lowest BCUT2D eigenvalue weighted by Gasteiger charge is -2.09. The number of hydrogen-bond acceptors (Lipinski definition) is 2. The number of amides is 1. The van der Waals surface area contributed by atoms with Crippen LogP contribution in [-0.2, 0) is 16.1 Å². The van der Waals surface area contributed by atoms with Crippen molar-refractivity contribution in [2.24, 2.45) is 0 Å². The van der Waals surface area contributed by atoms with Gasteiger partial charge in [0.25, 0.3) is 0 Å². The van der Waals surface area contributed by atoms with Crippen molar-refractivity contribution in [1.29, 1.82) is 0 Å². The van der Waals surface area contributed by atoms with E-state index in [2.05, 4.69) is 5.32 Å². The van der Waals surface area contributed by atoms with Gasteiger partial charge in [-0.1, -0.05) is 11.6 Å². The lowest BCUT2D eigenvalue weighted by molar-refractivity contribution is -0.121. The second-order valence-electron chi connectivity index (χ2n) is 5.27. The first-order chi connectivity index (χ1) is 10.1. The molecule has 2 aromatic rings. The summed E-state index contributed by atoms with van der Waals surface area (Å²) in [6.45, 7) is 5.62. The average Bonchev–Trinajstić information content (AvgIpc) is 2.80. The van der Waals surface area contributed by atoms with Gasteiger partial charge in [0.2, 0.25) is 5.91 Å². The highest BCUT2D eigenvalue weighted by molar-refractivity contribution is 6.31. The van der Waals surface area contributed by atoms with E-state index in [1.54, 1.807) is 0 Å². The van der Waals surface area contributed by atoms with Crippen molar-refractivity contribution < 1.29 is 9.53 Å². The minimum atomic E-state index is 0.00648. The Morgan fingerprint density at radius 3 is 2.95 bits per heavy atom. The number of hydrogen-bond donors (Lipinski definition) is 1. The molecule has 0 saturated carbocycles. The van der Waals surface area contributed by atoms with Crippen molar-refractivity contribution in [2.45, 2.75) is 32.9 Å². The zero-order chi connectivity index (χ0) is 15.2. The fourth-order valence-electron chi connectivity index (χ4n) is 2.14. The number of ether oxygens (including phenoxy) is 1. The number of aromatic nitrogens is 1. The van der Waals surface area contributed by atoms with E-state index < -0.39 is 0 Å².